The van der Waals surface area contributed by atoms with Gasteiger partial charge in [-0.15, -0.1) is 0 Å². The SMILES string of the molecule is C=C/C=c1/cccc/c1=C(/C)C(C)C. The maximum atomic E-state index is 3.74. The van der Waals surface area contributed by atoms with Crippen LogP contribution in [0.2, 0.25) is 0 Å². The van der Waals surface area contributed by atoms with E-state index in [1.165, 1.54) is 16.0 Å². The predicted octanol–water partition coefficient (Wildman–Crippen LogP) is 2.48. The second kappa shape index (κ2) is 4.80. The molecule has 0 bridgehead atoms. The molecule has 0 spiro atoms. The fraction of sp³-hybridized carbons (Fsp3) is 0.286. The van der Waals surface area contributed by atoms with E-state index in [0.717, 1.165) is 0 Å². The summed E-state index contributed by atoms with van der Waals surface area (Å²) in [6, 6.07) is 8.45. The third kappa shape index (κ3) is 2.35. The van der Waals surface area contributed by atoms with Crippen LogP contribution in [0, 0.1) is 5.92 Å². The van der Waals surface area contributed by atoms with Crippen LogP contribution in [0.25, 0.3) is 11.6 Å². The van der Waals surface area contributed by atoms with Gasteiger partial charge in [-0.3, -0.25) is 0 Å². The molecule has 1 aromatic rings. The molecule has 0 aromatic heterocycles. The second-order valence-corrected chi connectivity index (χ2v) is 3.83. The van der Waals surface area contributed by atoms with E-state index >= 15 is 0 Å². The first kappa shape index (κ1) is 10.8. The molecule has 0 aliphatic heterocycles. The average molecular weight is 186 g/mol. The van der Waals surface area contributed by atoms with Crippen molar-refractivity contribution in [1.82, 2.24) is 0 Å². The van der Waals surface area contributed by atoms with E-state index in [9.17, 15) is 0 Å². The fourth-order valence-electron chi connectivity index (χ4n) is 1.44. The second-order valence-electron chi connectivity index (χ2n) is 3.83. The Morgan fingerprint density at radius 3 is 2.50 bits per heavy atom. The van der Waals surface area contributed by atoms with E-state index in [1.54, 1.807) is 0 Å². The molecule has 0 radical (unpaired) electrons. The Labute approximate surface area is 86.3 Å². The number of hydrogen-bond donors (Lipinski definition) is 0. The van der Waals surface area contributed by atoms with Gasteiger partial charge in [-0.05, 0) is 23.3 Å². The van der Waals surface area contributed by atoms with Crippen LogP contribution in [0.15, 0.2) is 36.9 Å². The minimum absolute atomic E-state index is 0.592. The fourth-order valence-corrected chi connectivity index (χ4v) is 1.44. The van der Waals surface area contributed by atoms with Crippen molar-refractivity contribution in [2.75, 3.05) is 0 Å². The van der Waals surface area contributed by atoms with E-state index < -0.39 is 0 Å². The first-order chi connectivity index (χ1) is 6.66. The molecule has 74 valence electrons. The molecule has 0 N–H and O–H groups in total. The van der Waals surface area contributed by atoms with Crippen LogP contribution in [0.5, 0.6) is 0 Å². The summed E-state index contributed by atoms with van der Waals surface area (Å²) in [5.41, 5.74) is 1.43. The zero-order chi connectivity index (χ0) is 10.6. The number of rotatable bonds is 2. The third-order valence-corrected chi connectivity index (χ3v) is 2.55. The molecule has 0 amide bonds. The Balaban J connectivity index is 3.56. The molecule has 1 aromatic carbocycles. The highest BCUT2D eigenvalue weighted by Crippen LogP contribution is 2.05. The molecule has 0 aliphatic rings. The first-order valence-corrected chi connectivity index (χ1v) is 5.05. The van der Waals surface area contributed by atoms with Gasteiger partial charge in [0.25, 0.3) is 0 Å². The molecule has 0 heterocycles. The van der Waals surface area contributed by atoms with Crippen molar-refractivity contribution in [2.24, 2.45) is 5.92 Å². The van der Waals surface area contributed by atoms with Crippen LogP contribution >= 0.6 is 0 Å². The summed E-state index contributed by atoms with van der Waals surface area (Å²) in [6.45, 7) is 10.4. The lowest BCUT2D eigenvalue weighted by Gasteiger charge is -2.04. The van der Waals surface area contributed by atoms with Crippen molar-refractivity contribution < 1.29 is 0 Å². The van der Waals surface area contributed by atoms with Gasteiger partial charge in [-0.1, -0.05) is 62.4 Å². The van der Waals surface area contributed by atoms with Crippen LogP contribution in [-0.4, -0.2) is 0 Å². The normalized spacial score (nSPS) is 14.4. The lowest BCUT2D eigenvalue weighted by atomic mass is 10.0. The average Bonchev–Trinajstić information content (AvgIpc) is 2.18. The molecule has 14 heavy (non-hydrogen) atoms. The molecule has 0 aliphatic carbocycles. The zero-order valence-corrected chi connectivity index (χ0v) is 9.25. The topological polar surface area (TPSA) is 0 Å². The van der Waals surface area contributed by atoms with Crippen LogP contribution in [0.4, 0.5) is 0 Å². The zero-order valence-electron chi connectivity index (χ0n) is 9.25. The van der Waals surface area contributed by atoms with Gasteiger partial charge in [0.15, 0.2) is 0 Å². The van der Waals surface area contributed by atoms with Gasteiger partial charge in [0.05, 0.1) is 0 Å². The third-order valence-electron chi connectivity index (χ3n) is 2.55. The van der Waals surface area contributed by atoms with Gasteiger partial charge < -0.3 is 0 Å². The maximum Gasteiger partial charge on any atom is -0.0185 e. The van der Waals surface area contributed by atoms with Gasteiger partial charge in [0.2, 0.25) is 0 Å². The van der Waals surface area contributed by atoms with Crippen LogP contribution in [0.1, 0.15) is 20.8 Å². The van der Waals surface area contributed by atoms with E-state index in [4.69, 9.17) is 0 Å². The lowest BCUT2D eigenvalue weighted by Crippen LogP contribution is -2.26. The summed E-state index contributed by atoms with van der Waals surface area (Å²) in [7, 11) is 0. The van der Waals surface area contributed by atoms with Crippen LogP contribution < -0.4 is 10.4 Å². The summed E-state index contributed by atoms with van der Waals surface area (Å²) < 4.78 is 0. The molecular weight excluding hydrogens is 168 g/mol. The monoisotopic (exact) mass is 186 g/mol. The molecule has 0 nitrogen and oxygen atoms in total. The van der Waals surface area contributed by atoms with E-state index in [1.807, 2.05) is 6.08 Å². The summed E-state index contributed by atoms with van der Waals surface area (Å²) in [6.07, 6.45) is 3.90. The van der Waals surface area contributed by atoms with Gasteiger partial charge in [0, 0.05) is 0 Å². The lowest BCUT2D eigenvalue weighted by molar-refractivity contribution is 0.840. The summed E-state index contributed by atoms with van der Waals surface area (Å²) >= 11 is 0. The van der Waals surface area contributed by atoms with E-state index in [0.29, 0.717) is 5.92 Å². The molecule has 0 unspecified atom stereocenters. The van der Waals surface area contributed by atoms with Crippen molar-refractivity contribution in [1.29, 1.82) is 0 Å². The van der Waals surface area contributed by atoms with Crippen LogP contribution in [-0.2, 0) is 0 Å². The quantitative estimate of drug-likeness (QED) is 0.665. The van der Waals surface area contributed by atoms with Crippen molar-refractivity contribution in [3.63, 3.8) is 0 Å². The van der Waals surface area contributed by atoms with Gasteiger partial charge in [-0.2, -0.15) is 0 Å². The standard InChI is InChI=1S/C14H18/c1-5-8-13-9-6-7-10-14(13)12(4)11(2)3/h5-11H,1H2,2-4H3/b13-8-,14-12+. The number of benzene rings is 1. The number of allylic oxidation sites excluding steroid dienone is 1. The highest BCUT2D eigenvalue weighted by Gasteiger charge is 1.97. The van der Waals surface area contributed by atoms with Gasteiger partial charge in [-0.25, -0.2) is 0 Å². The molecule has 0 saturated carbocycles. The Morgan fingerprint density at radius 2 is 1.93 bits per heavy atom. The van der Waals surface area contributed by atoms with Crippen molar-refractivity contribution in [2.45, 2.75) is 20.8 Å². The smallest absolute Gasteiger partial charge is 0.0185 e. The molecule has 1 rings (SSSR count). The minimum Gasteiger partial charge on any atom is -0.0990 e. The van der Waals surface area contributed by atoms with Crippen molar-refractivity contribution >= 4 is 11.6 Å². The largest absolute Gasteiger partial charge is 0.0990 e. The highest BCUT2D eigenvalue weighted by atomic mass is 14.0. The highest BCUT2D eigenvalue weighted by molar-refractivity contribution is 5.47. The molecule has 0 saturated heterocycles. The van der Waals surface area contributed by atoms with Crippen molar-refractivity contribution in [3.05, 3.63) is 47.4 Å². The number of hydrogen-bond acceptors (Lipinski definition) is 0. The Kier molecular flexibility index (Phi) is 3.70. The summed E-state index contributed by atoms with van der Waals surface area (Å²) in [4.78, 5) is 0. The Bertz CT molecular complexity index is 422. The van der Waals surface area contributed by atoms with Gasteiger partial charge >= 0.3 is 0 Å². The summed E-state index contributed by atoms with van der Waals surface area (Å²) in [5.74, 6) is 0.592. The van der Waals surface area contributed by atoms with Crippen LogP contribution in [0.3, 0.4) is 0 Å². The van der Waals surface area contributed by atoms with Crippen molar-refractivity contribution in [3.8, 4) is 0 Å². The maximum absolute atomic E-state index is 3.74. The molecule has 0 heteroatoms. The summed E-state index contributed by atoms with van der Waals surface area (Å²) in [5, 5.41) is 2.59. The Morgan fingerprint density at radius 1 is 1.29 bits per heavy atom. The van der Waals surface area contributed by atoms with Gasteiger partial charge in [0.1, 0.15) is 0 Å². The molecule has 0 fully saturated rings. The predicted molar refractivity (Wildman–Crippen MR) is 64.3 cm³/mol. The Hall–Kier alpha value is -1.30. The first-order valence-electron chi connectivity index (χ1n) is 5.05. The van der Waals surface area contributed by atoms with E-state index in [-0.39, 0.29) is 0 Å². The molecular formula is C14H18. The molecule has 0 atom stereocenters. The van der Waals surface area contributed by atoms with E-state index in [2.05, 4.69) is 57.7 Å². The minimum atomic E-state index is 0.592.